The first kappa shape index (κ1) is 12.6. The monoisotopic (exact) mass is 240 g/mol. The molecule has 1 aliphatic carbocycles. The largest absolute Gasteiger partial charge is 0.343 e. The lowest BCUT2D eigenvalue weighted by Crippen LogP contribution is -2.53. The van der Waals surface area contributed by atoms with Gasteiger partial charge in [0, 0.05) is 32.5 Å². The number of halogens is 3. The first-order chi connectivity index (χ1) is 6.50. The smallest absolute Gasteiger partial charge is 0.251 e. The highest BCUT2D eigenvalue weighted by Crippen LogP contribution is 2.51. The highest BCUT2D eigenvalue weighted by Gasteiger charge is 2.57. The predicted molar refractivity (Wildman–Crippen MR) is 54.3 cm³/mol. The molecular weight excluding hydrogens is 226 g/mol. The van der Waals surface area contributed by atoms with Crippen molar-refractivity contribution in [3.05, 3.63) is 0 Å². The SMILES string of the molecule is CN1CCNC(CC2CC2(F)F)C1=O.Cl. The quantitative estimate of drug-likeness (QED) is 0.777. The fourth-order valence-electron chi connectivity index (χ4n) is 1.86. The summed E-state index contributed by atoms with van der Waals surface area (Å²) >= 11 is 0. The molecule has 88 valence electrons. The average Bonchev–Trinajstić information content (AvgIpc) is 2.68. The third-order valence-electron chi connectivity index (χ3n) is 2.99. The van der Waals surface area contributed by atoms with E-state index in [0.717, 1.165) is 0 Å². The Hall–Kier alpha value is -0.420. The molecule has 1 amide bonds. The van der Waals surface area contributed by atoms with Gasteiger partial charge in [0.15, 0.2) is 0 Å². The second-order valence-electron chi connectivity index (χ2n) is 4.16. The van der Waals surface area contributed by atoms with Crippen molar-refractivity contribution in [1.29, 1.82) is 0 Å². The third kappa shape index (κ3) is 2.58. The fourth-order valence-corrected chi connectivity index (χ4v) is 1.86. The van der Waals surface area contributed by atoms with Gasteiger partial charge in [0.2, 0.25) is 5.91 Å². The van der Waals surface area contributed by atoms with Crippen molar-refractivity contribution >= 4 is 18.3 Å². The van der Waals surface area contributed by atoms with Crippen LogP contribution in [0.3, 0.4) is 0 Å². The van der Waals surface area contributed by atoms with Crippen molar-refractivity contribution in [1.82, 2.24) is 10.2 Å². The first-order valence-electron chi connectivity index (χ1n) is 4.87. The number of carbonyl (C=O) groups excluding carboxylic acids is 1. The molecule has 2 atom stereocenters. The molecule has 6 heteroatoms. The van der Waals surface area contributed by atoms with Gasteiger partial charge in [-0.1, -0.05) is 0 Å². The minimum Gasteiger partial charge on any atom is -0.343 e. The Kier molecular flexibility index (Phi) is 3.55. The van der Waals surface area contributed by atoms with Gasteiger partial charge in [-0.15, -0.1) is 12.4 Å². The van der Waals surface area contributed by atoms with E-state index < -0.39 is 17.9 Å². The highest BCUT2D eigenvalue weighted by atomic mass is 35.5. The number of hydrogen-bond acceptors (Lipinski definition) is 2. The molecule has 15 heavy (non-hydrogen) atoms. The minimum absolute atomic E-state index is 0. The van der Waals surface area contributed by atoms with E-state index in [9.17, 15) is 13.6 Å². The summed E-state index contributed by atoms with van der Waals surface area (Å²) in [6.45, 7) is 1.36. The zero-order valence-corrected chi connectivity index (χ0v) is 9.32. The first-order valence-corrected chi connectivity index (χ1v) is 4.87. The molecule has 0 bridgehead atoms. The fraction of sp³-hybridized carbons (Fsp3) is 0.889. The number of carbonyl (C=O) groups is 1. The van der Waals surface area contributed by atoms with Crippen molar-refractivity contribution < 1.29 is 13.6 Å². The van der Waals surface area contributed by atoms with Gasteiger partial charge < -0.3 is 10.2 Å². The van der Waals surface area contributed by atoms with E-state index in [-0.39, 0.29) is 31.2 Å². The van der Waals surface area contributed by atoms with Gasteiger partial charge in [0.25, 0.3) is 5.92 Å². The van der Waals surface area contributed by atoms with Crippen molar-refractivity contribution in [2.45, 2.75) is 24.8 Å². The minimum atomic E-state index is -2.52. The second-order valence-corrected chi connectivity index (χ2v) is 4.16. The van der Waals surface area contributed by atoms with Crippen LogP contribution in [0.4, 0.5) is 8.78 Å². The topological polar surface area (TPSA) is 32.3 Å². The van der Waals surface area contributed by atoms with Gasteiger partial charge in [-0.3, -0.25) is 4.79 Å². The molecule has 2 fully saturated rings. The third-order valence-corrected chi connectivity index (χ3v) is 2.99. The average molecular weight is 241 g/mol. The summed E-state index contributed by atoms with van der Waals surface area (Å²) < 4.78 is 25.2. The Bertz CT molecular complexity index is 262. The number of nitrogens with zero attached hydrogens (tertiary/aromatic N) is 1. The van der Waals surface area contributed by atoms with Crippen LogP contribution in [0.2, 0.25) is 0 Å². The van der Waals surface area contributed by atoms with Crippen LogP contribution in [0.25, 0.3) is 0 Å². The second kappa shape index (κ2) is 4.22. The van der Waals surface area contributed by atoms with Crippen LogP contribution >= 0.6 is 12.4 Å². The summed E-state index contributed by atoms with van der Waals surface area (Å²) in [7, 11) is 1.71. The maximum Gasteiger partial charge on any atom is 0.251 e. The van der Waals surface area contributed by atoms with Crippen molar-refractivity contribution in [2.24, 2.45) is 5.92 Å². The zero-order valence-electron chi connectivity index (χ0n) is 8.50. The van der Waals surface area contributed by atoms with E-state index >= 15 is 0 Å². The molecule has 1 N–H and O–H groups in total. The van der Waals surface area contributed by atoms with Crippen LogP contribution in [0, 0.1) is 5.92 Å². The lowest BCUT2D eigenvalue weighted by molar-refractivity contribution is -0.134. The molecule has 1 saturated heterocycles. The van der Waals surface area contributed by atoms with Gasteiger partial charge >= 0.3 is 0 Å². The number of rotatable bonds is 2. The van der Waals surface area contributed by atoms with E-state index in [1.165, 1.54) is 0 Å². The Morgan fingerprint density at radius 1 is 1.60 bits per heavy atom. The molecule has 0 aromatic rings. The lowest BCUT2D eigenvalue weighted by Gasteiger charge is -2.30. The van der Waals surface area contributed by atoms with E-state index in [1.807, 2.05) is 0 Å². The van der Waals surface area contributed by atoms with Crippen molar-refractivity contribution in [3.8, 4) is 0 Å². The summed E-state index contributed by atoms with van der Waals surface area (Å²) in [4.78, 5) is 13.1. The number of nitrogens with one attached hydrogen (secondary N) is 1. The maximum absolute atomic E-state index is 12.6. The van der Waals surface area contributed by atoms with E-state index in [2.05, 4.69) is 5.32 Å². The van der Waals surface area contributed by atoms with Gasteiger partial charge in [-0.2, -0.15) is 0 Å². The number of likely N-dealkylation sites (N-methyl/N-ethyl adjacent to an activating group) is 1. The Labute approximate surface area is 93.6 Å². The molecule has 2 unspecified atom stereocenters. The molecule has 0 aromatic carbocycles. The van der Waals surface area contributed by atoms with Crippen molar-refractivity contribution in [2.75, 3.05) is 20.1 Å². The van der Waals surface area contributed by atoms with Gasteiger partial charge in [-0.25, -0.2) is 8.78 Å². The Balaban J connectivity index is 0.00000112. The molecule has 0 radical (unpaired) electrons. The van der Waals surface area contributed by atoms with Crippen LogP contribution in [0.15, 0.2) is 0 Å². The van der Waals surface area contributed by atoms with Crippen LogP contribution in [-0.4, -0.2) is 42.9 Å². The standard InChI is InChI=1S/C9H14F2N2O.ClH/c1-13-3-2-12-7(8(13)14)4-6-5-9(6,10)11;/h6-7,12H,2-5H2,1H3;1H. The summed E-state index contributed by atoms with van der Waals surface area (Å²) in [5.41, 5.74) is 0. The number of amides is 1. The highest BCUT2D eigenvalue weighted by molar-refractivity contribution is 5.85. The lowest BCUT2D eigenvalue weighted by atomic mass is 10.1. The van der Waals surface area contributed by atoms with Crippen LogP contribution in [-0.2, 0) is 4.79 Å². The van der Waals surface area contributed by atoms with Gasteiger partial charge in [0.05, 0.1) is 6.04 Å². The normalized spacial score (nSPS) is 33.5. The molecule has 1 aliphatic heterocycles. The summed E-state index contributed by atoms with van der Waals surface area (Å²) in [6, 6.07) is -0.396. The summed E-state index contributed by atoms with van der Waals surface area (Å²) in [5, 5.41) is 2.98. The van der Waals surface area contributed by atoms with Crippen LogP contribution < -0.4 is 5.32 Å². The Morgan fingerprint density at radius 3 is 2.73 bits per heavy atom. The van der Waals surface area contributed by atoms with Crippen molar-refractivity contribution in [3.63, 3.8) is 0 Å². The maximum atomic E-state index is 12.6. The Morgan fingerprint density at radius 2 is 2.20 bits per heavy atom. The van der Waals surface area contributed by atoms with Gasteiger partial charge in [-0.05, 0) is 6.42 Å². The van der Waals surface area contributed by atoms with E-state index in [0.29, 0.717) is 13.1 Å². The molecule has 1 saturated carbocycles. The number of alkyl halides is 2. The van der Waals surface area contributed by atoms with Gasteiger partial charge in [0.1, 0.15) is 0 Å². The molecule has 1 heterocycles. The summed E-state index contributed by atoms with van der Waals surface area (Å²) in [6.07, 6.45) is 0.221. The predicted octanol–water partition coefficient (Wildman–Crippen LogP) is 0.884. The number of piperazine rings is 1. The molecule has 0 aromatic heterocycles. The molecule has 2 rings (SSSR count). The van der Waals surface area contributed by atoms with E-state index in [4.69, 9.17) is 0 Å². The molecular formula is C9H15ClF2N2O. The zero-order chi connectivity index (χ0) is 10.3. The summed E-state index contributed by atoms with van der Waals surface area (Å²) in [5.74, 6) is -3.16. The van der Waals surface area contributed by atoms with E-state index in [1.54, 1.807) is 11.9 Å². The van der Waals surface area contributed by atoms with Crippen LogP contribution in [0.1, 0.15) is 12.8 Å². The molecule has 0 spiro atoms. The molecule has 2 aliphatic rings. The van der Waals surface area contributed by atoms with Crippen LogP contribution in [0.5, 0.6) is 0 Å². The number of hydrogen-bond donors (Lipinski definition) is 1. The molecule has 3 nitrogen and oxygen atoms in total.